The summed E-state index contributed by atoms with van der Waals surface area (Å²) in [5.41, 5.74) is 2.28. The first-order valence-electron chi connectivity index (χ1n) is 6.25. The van der Waals surface area contributed by atoms with Crippen molar-refractivity contribution in [3.8, 4) is 11.3 Å². The number of halogens is 1. The second-order valence-corrected chi connectivity index (χ2v) is 4.37. The fourth-order valence-electron chi connectivity index (χ4n) is 1.83. The minimum Gasteiger partial charge on any atom is -0.321 e. The molecule has 0 spiro atoms. The number of carbonyl (C=O) groups is 1. The molecular formula is C15H11FN4O. The predicted octanol–water partition coefficient (Wildman–Crippen LogP) is 2.86. The fraction of sp³-hybridized carbons (Fsp3) is 0. The topological polar surface area (TPSA) is 70.7 Å². The third-order valence-electron chi connectivity index (χ3n) is 2.88. The lowest BCUT2D eigenvalue weighted by Crippen LogP contribution is -2.12. The van der Waals surface area contributed by atoms with Crippen molar-refractivity contribution in [2.75, 3.05) is 5.32 Å². The number of nitrogens with one attached hydrogen (secondary N) is 2. The molecule has 5 nitrogen and oxygen atoms in total. The summed E-state index contributed by atoms with van der Waals surface area (Å²) in [6.45, 7) is 0. The maximum atomic E-state index is 12.8. The van der Waals surface area contributed by atoms with Crippen LogP contribution in [0.5, 0.6) is 0 Å². The molecule has 3 rings (SSSR count). The number of aromatic amines is 1. The molecule has 0 atom stereocenters. The maximum Gasteiger partial charge on any atom is 0.273 e. The summed E-state index contributed by atoms with van der Waals surface area (Å²) < 4.78 is 12.8. The van der Waals surface area contributed by atoms with Crippen molar-refractivity contribution in [3.63, 3.8) is 0 Å². The van der Waals surface area contributed by atoms with Crippen LogP contribution in [0.25, 0.3) is 11.3 Å². The maximum absolute atomic E-state index is 12.8. The molecule has 0 aliphatic rings. The van der Waals surface area contributed by atoms with Gasteiger partial charge in [-0.15, -0.1) is 0 Å². The van der Waals surface area contributed by atoms with Crippen molar-refractivity contribution in [2.24, 2.45) is 0 Å². The molecule has 104 valence electrons. The van der Waals surface area contributed by atoms with Crippen molar-refractivity contribution < 1.29 is 9.18 Å². The minimum atomic E-state index is -0.353. The van der Waals surface area contributed by atoms with Gasteiger partial charge in [-0.25, -0.2) is 4.39 Å². The zero-order chi connectivity index (χ0) is 14.7. The summed E-state index contributed by atoms with van der Waals surface area (Å²) in [5, 5.41) is 9.41. The average molecular weight is 282 g/mol. The van der Waals surface area contributed by atoms with E-state index in [1.165, 1.54) is 24.3 Å². The van der Waals surface area contributed by atoms with Crippen LogP contribution in [0, 0.1) is 5.82 Å². The Hall–Kier alpha value is -3.02. The summed E-state index contributed by atoms with van der Waals surface area (Å²) >= 11 is 0. The van der Waals surface area contributed by atoms with Gasteiger partial charge in [0, 0.05) is 23.6 Å². The molecule has 2 N–H and O–H groups in total. The van der Waals surface area contributed by atoms with Crippen LogP contribution in [0.2, 0.25) is 0 Å². The number of pyridine rings is 1. The van der Waals surface area contributed by atoms with Gasteiger partial charge >= 0.3 is 0 Å². The van der Waals surface area contributed by atoms with Gasteiger partial charge in [0.25, 0.3) is 5.91 Å². The van der Waals surface area contributed by atoms with Crippen molar-refractivity contribution in [1.82, 2.24) is 15.2 Å². The lowest BCUT2D eigenvalue weighted by atomic mass is 10.2. The Labute approximate surface area is 119 Å². The van der Waals surface area contributed by atoms with Gasteiger partial charge in [-0.1, -0.05) is 0 Å². The van der Waals surface area contributed by atoms with Crippen LogP contribution in [0.3, 0.4) is 0 Å². The van der Waals surface area contributed by atoms with Gasteiger partial charge in [0.05, 0.1) is 5.69 Å². The van der Waals surface area contributed by atoms with Crippen LogP contribution in [0.15, 0.2) is 54.9 Å². The smallest absolute Gasteiger partial charge is 0.273 e. The largest absolute Gasteiger partial charge is 0.321 e. The highest BCUT2D eigenvalue weighted by atomic mass is 19.1. The first kappa shape index (κ1) is 13.0. The minimum absolute atomic E-state index is 0.318. The Balaban J connectivity index is 1.77. The SMILES string of the molecule is O=C(Nc1ccc(F)cc1)c1cc(-c2cccnc2)n[nH]1. The summed E-state index contributed by atoms with van der Waals surface area (Å²) in [6, 6.07) is 10.8. The molecule has 0 bridgehead atoms. The highest BCUT2D eigenvalue weighted by Gasteiger charge is 2.11. The molecular weight excluding hydrogens is 271 g/mol. The number of hydrogen-bond acceptors (Lipinski definition) is 3. The molecule has 0 fully saturated rings. The number of aromatic nitrogens is 3. The Morgan fingerprint density at radius 2 is 2.00 bits per heavy atom. The van der Waals surface area contributed by atoms with Gasteiger partial charge in [0.2, 0.25) is 0 Å². The Kier molecular flexibility index (Phi) is 3.42. The third-order valence-corrected chi connectivity index (χ3v) is 2.88. The second-order valence-electron chi connectivity index (χ2n) is 4.37. The first-order chi connectivity index (χ1) is 10.2. The molecule has 2 heterocycles. The monoisotopic (exact) mass is 282 g/mol. The quantitative estimate of drug-likeness (QED) is 0.776. The lowest BCUT2D eigenvalue weighted by molar-refractivity contribution is 0.102. The van der Waals surface area contributed by atoms with Gasteiger partial charge in [0.15, 0.2) is 0 Å². The van der Waals surface area contributed by atoms with E-state index in [4.69, 9.17) is 0 Å². The number of H-pyrrole nitrogens is 1. The normalized spacial score (nSPS) is 10.3. The fourth-order valence-corrected chi connectivity index (χ4v) is 1.83. The van der Waals surface area contributed by atoms with Crippen molar-refractivity contribution in [1.29, 1.82) is 0 Å². The van der Waals surface area contributed by atoms with E-state index in [-0.39, 0.29) is 11.7 Å². The standard InChI is InChI=1S/C15H11FN4O/c16-11-3-5-12(6-4-11)18-15(21)14-8-13(19-20-14)10-2-1-7-17-9-10/h1-9H,(H,18,21)(H,19,20). The highest BCUT2D eigenvalue weighted by Crippen LogP contribution is 2.17. The third kappa shape index (κ3) is 2.94. The van der Waals surface area contributed by atoms with Gasteiger partial charge in [-0.3, -0.25) is 14.9 Å². The van der Waals surface area contributed by atoms with Gasteiger partial charge < -0.3 is 5.32 Å². The van der Waals surface area contributed by atoms with Crippen molar-refractivity contribution >= 4 is 11.6 Å². The number of hydrogen-bond donors (Lipinski definition) is 2. The number of amides is 1. The Bertz CT molecular complexity index is 753. The van der Waals surface area contributed by atoms with Gasteiger partial charge in [0.1, 0.15) is 11.5 Å². The molecule has 0 aliphatic heterocycles. The molecule has 0 unspecified atom stereocenters. The summed E-state index contributed by atoms with van der Waals surface area (Å²) in [7, 11) is 0. The highest BCUT2D eigenvalue weighted by molar-refractivity contribution is 6.03. The van der Waals surface area contributed by atoms with Crippen LogP contribution in [-0.4, -0.2) is 21.1 Å². The molecule has 0 aliphatic carbocycles. The van der Waals surface area contributed by atoms with E-state index in [1.54, 1.807) is 24.5 Å². The summed E-state index contributed by atoms with van der Waals surface area (Å²) in [5.74, 6) is -0.697. The zero-order valence-electron chi connectivity index (χ0n) is 10.9. The Morgan fingerprint density at radius 1 is 1.19 bits per heavy atom. The summed E-state index contributed by atoms with van der Waals surface area (Å²) in [4.78, 5) is 16.1. The van der Waals surface area contributed by atoms with Crippen molar-refractivity contribution in [2.45, 2.75) is 0 Å². The van der Waals surface area contributed by atoms with E-state index in [1.807, 2.05) is 6.07 Å². The molecule has 1 aromatic carbocycles. The average Bonchev–Trinajstić information content (AvgIpc) is 3.00. The van der Waals surface area contributed by atoms with E-state index >= 15 is 0 Å². The molecule has 6 heteroatoms. The van der Waals surface area contributed by atoms with E-state index in [0.717, 1.165) is 5.56 Å². The number of rotatable bonds is 3. The molecule has 0 saturated carbocycles. The summed E-state index contributed by atoms with van der Waals surface area (Å²) in [6.07, 6.45) is 3.33. The molecule has 21 heavy (non-hydrogen) atoms. The Morgan fingerprint density at radius 3 is 2.71 bits per heavy atom. The van der Waals surface area contributed by atoms with E-state index in [2.05, 4.69) is 20.5 Å². The number of nitrogens with zero attached hydrogens (tertiary/aromatic N) is 2. The van der Waals surface area contributed by atoms with E-state index < -0.39 is 0 Å². The van der Waals surface area contributed by atoms with Crippen LogP contribution in [0.4, 0.5) is 10.1 Å². The predicted molar refractivity (Wildman–Crippen MR) is 76.2 cm³/mol. The lowest BCUT2D eigenvalue weighted by Gasteiger charge is -2.02. The molecule has 0 saturated heterocycles. The molecule has 3 aromatic rings. The van der Waals surface area contributed by atoms with Crippen LogP contribution >= 0.6 is 0 Å². The van der Waals surface area contributed by atoms with Crippen LogP contribution in [-0.2, 0) is 0 Å². The molecule has 2 aromatic heterocycles. The number of benzene rings is 1. The van der Waals surface area contributed by atoms with Crippen molar-refractivity contribution in [3.05, 3.63) is 66.4 Å². The van der Waals surface area contributed by atoms with E-state index in [0.29, 0.717) is 17.1 Å². The number of carbonyl (C=O) groups excluding carboxylic acids is 1. The molecule has 1 amide bonds. The van der Waals surface area contributed by atoms with E-state index in [9.17, 15) is 9.18 Å². The number of anilines is 1. The van der Waals surface area contributed by atoms with Gasteiger partial charge in [-0.2, -0.15) is 5.10 Å². The van der Waals surface area contributed by atoms with Gasteiger partial charge in [-0.05, 0) is 42.5 Å². The second kappa shape index (κ2) is 5.54. The molecule has 0 radical (unpaired) electrons. The zero-order valence-corrected chi connectivity index (χ0v) is 10.9. The van der Waals surface area contributed by atoms with Crippen LogP contribution < -0.4 is 5.32 Å². The first-order valence-corrected chi connectivity index (χ1v) is 6.25. The van der Waals surface area contributed by atoms with Crippen LogP contribution in [0.1, 0.15) is 10.5 Å².